The first-order chi connectivity index (χ1) is 7.78. The van der Waals surface area contributed by atoms with Crippen LogP contribution in [0.1, 0.15) is 13.8 Å². The number of alkyl halides is 3. The van der Waals surface area contributed by atoms with Gasteiger partial charge in [0.05, 0.1) is 12.0 Å². The number of rotatable bonds is 4. The molecule has 0 aromatic heterocycles. The molecule has 1 fully saturated rings. The van der Waals surface area contributed by atoms with Gasteiger partial charge in [0, 0.05) is 5.92 Å². The van der Waals surface area contributed by atoms with Gasteiger partial charge in [-0.1, -0.05) is 61.6 Å². The van der Waals surface area contributed by atoms with Crippen LogP contribution in [0.15, 0.2) is 0 Å². The molecule has 1 N–H and O–H groups in total. The summed E-state index contributed by atoms with van der Waals surface area (Å²) in [7, 11) is -1.76. The fourth-order valence-corrected chi connectivity index (χ4v) is 5.18. The van der Waals surface area contributed by atoms with Crippen molar-refractivity contribution >= 4 is 62.1 Å². The zero-order chi connectivity index (χ0) is 14.5. The second kappa shape index (κ2) is 5.13. The summed E-state index contributed by atoms with van der Waals surface area (Å²) in [6.45, 7) is 10.3. The number of halogens is 3. The minimum atomic E-state index is -1.76. The van der Waals surface area contributed by atoms with Gasteiger partial charge in [-0.2, -0.15) is 0 Å². The SMILES string of the molecule is CC1(C)[C@@H]([C@@H](O[Si](C)(C)C)C(Br)(Br)Br)[C@H]1C(=O)O. The van der Waals surface area contributed by atoms with Crippen molar-refractivity contribution in [1.82, 2.24) is 0 Å². The zero-order valence-electron chi connectivity index (χ0n) is 11.1. The number of carboxylic acid groups (broad SMARTS) is 1. The van der Waals surface area contributed by atoms with E-state index in [1.165, 1.54) is 0 Å². The highest BCUT2D eigenvalue weighted by Crippen LogP contribution is 2.64. The predicted octanol–water partition coefficient (Wildman–Crippen LogP) is 4.40. The van der Waals surface area contributed by atoms with E-state index in [1.54, 1.807) is 0 Å². The Morgan fingerprint density at radius 2 is 1.78 bits per heavy atom. The van der Waals surface area contributed by atoms with Crippen LogP contribution in [0.3, 0.4) is 0 Å². The molecule has 0 saturated heterocycles. The molecule has 0 unspecified atom stereocenters. The van der Waals surface area contributed by atoms with Crippen LogP contribution in [0.2, 0.25) is 19.6 Å². The minimum absolute atomic E-state index is 0.0140. The summed E-state index contributed by atoms with van der Waals surface area (Å²) in [5.41, 5.74) is -0.239. The summed E-state index contributed by atoms with van der Waals surface area (Å²) in [6.07, 6.45) is -0.222. The van der Waals surface area contributed by atoms with Gasteiger partial charge in [-0.15, -0.1) is 0 Å². The molecule has 1 aliphatic carbocycles. The molecule has 0 spiro atoms. The van der Waals surface area contributed by atoms with Gasteiger partial charge >= 0.3 is 5.97 Å². The Balaban J connectivity index is 2.98. The lowest BCUT2D eigenvalue weighted by Crippen LogP contribution is -2.41. The van der Waals surface area contributed by atoms with Gasteiger partial charge < -0.3 is 9.53 Å². The molecule has 3 nitrogen and oxygen atoms in total. The van der Waals surface area contributed by atoms with E-state index < -0.39 is 16.4 Å². The van der Waals surface area contributed by atoms with Crippen LogP contribution < -0.4 is 0 Å². The van der Waals surface area contributed by atoms with Gasteiger partial charge in [-0.25, -0.2) is 0 Å². The first kappa shape index (κ1) is 17.1. The monoisotopic (exact) mass is 464 g/mol. The Kier molecular flexibility index (Phi) is 4.88. The first-order valence-corrected chi connectivity index (χ1v) is 11.5. The third-order valence-corrected chi connectivity index (χ3v) is 5.62. The first-order valence-electron chi connectivity index (χ1n) is 5.76. The number of carboxylic acids is 1. The van der Waals surface area contributed by atoms with Crippen molar-refractivity contribution in [2.75, 3.05) is 0 Å². The van der Waals surface area contributed by atoms with Crippen molar-refractivity contribution in [2.45, 2.75) is 41.7 Å². The maximum Gasteiger partial charge on any atom is 0.307 e. The van der Waals surface area contributed by atoms with E-state index in [9.17, 15) is 9.90 Å². The van der Waals surface area contributed by atoms with E-state index in [2.05, 4.69) is 67.4 Å². The van der Waals surface area contributed by atoms with Crippen LogP contribution in [0.25, 0.3) is 0 Å². The highest BCUT2D eigenvalue weighted by Gasteiger charge is 2.68. The van der Waals surface area contributed by atoms with Crippen LogP contribution in [0.4, 0.5) is 0 Å². The molecule has 0 aromatic carbocycles. The standard InChI is InChI=1S/C11H19Br3O3Si/c1-10(2)6(7(10)9(15)16)8(11(12,13)14)17-18(3,4)5/h6-8H,1-5H3,(H,15,16)/t6-,7+,8-/m1/s1. The number of hydrogen-bond donors (Lipinski definition) is 1. The second-order valence-electron chi connectivity index (χ2n) is 6.36. The van der Waals surface area contributed by atoms with E-state index in [1.807, 2.05) is 13.8 Å². The molecule has 106 valence electrons. The van der Waals surface area contributed by atoms with Crippen LogP contribution in [0.5, 0.6) is 0 Å². The Labute approximate surface area is 135 Å². The van der Waals surface area contributed by atoms with Crippen LogP contribution in [-0.2, 0) is 9.22 Å². The molecule has 18 heavy (non-hydrogen) atoms. The Bertz CT molecular complexity index is 346. The third-order valence-electron chi connectivity index (χ3n) is 3.31. The molecule has 7 heteroatoms. The lowest BCUT2D eigenvalue weighted by molar-refractivity contribution is -0.139. The molecular formula is C11H19Br3O3Si. The maximum absolute atomic E-state index is 11.3. The average Bonchev–Trinajstić information content (AvgIpc) is 2.60. The molecular weight excluding hydrogens is 448 g/mol. The highest BCUT2D eigenvalue weighted by molar-refractivity contribution is 9.39. The summed E-state index contributed by atoms with van der Waals surface area (Å²) in [5, 5.41) is 9.28. The van der Waals surface area contributed by atoms with E-state index >= 15 is 0 Å². The van der Waals surface area contributed by atoms with Gasteiger partial charge in [0.1, 0.15) is 0 Å². The largest absolute Gasteiger partial charge is 0.481 e. The van der Waals surface area contributed by atoms with Crippen LogP contribution in [-0.4, -0.2) is 27.6 Å². The summed E-state index contributed by atoms with van der Waals surface area (Å²) in [5.74, 6) is -1.11. The molecule has 1 aliphatic rings. The van der Waals surface area contributed by atoms with Crippen molar-refractivity contribution in [3.05, 3.63) is 0 Å². The molecule has 0 aliphatic heterocycles. The van der Waals surface area contributed by atoms with Crippen LogP contribution in [0, 0.1) is 17.3 Å². The number of carbonyl (C=O) groups is 1. The van der Waals surface area contributed by atoms with Gasteiger partial charge in [-0.05, 0) is 25.1 Å². The molecule has 0 amide bonds. The van der Waals surface area contributed by atoms with Crippen molar-refractivity contribution in [1.29, 1.82) is 0 Å². The topological polar surface area (TPSA) is 46.5 Å². The molecule has 3 atom stereocenters. The normalized spacial score (nSPS) is 28.9. The third kappa shape index (κ3) is 3.81. The van der Waals surface area contributed by atoms with Crippen molar-refractivity contribution in [3.8, 4) is 0 Å². The molecule has 0 radical (unpaired) electrons. The summed E-state index contributed by atoms with van der Waals surface area (Å²) < 4.78 is 5.59. The van der Waals surface area contributed by atoms with E-state index in [-0.39, 0.29) is 23.4 Å². The van der Waals surface area contributed by atoms with Gasteiger partial charge in [0.15, 0.2) is 10.5 Å². The second-order valence-corrected chi connectivity index (χ2v) is 17.8. The van der Waals surface area contributed by atoms with Crippen LogP contribution >= 0.6 is 47.8 Å². The summed E-state index contributed by atoms with van der Waals surface area (Å²) in [4.78, 5) is 11.3. The van der Waals surface area contributed by atoms with E-state index in [0.29, 0.717) is 0 Å². The lowest BCUT2D eigenvalue weighted by atomic mass is 10.1. The van der Waals surface area contributed by atoms with Crippen molar-refractivity contribution in [2.24, 2.45) is 17.3 Å². The Hall–Kier alpha value is 1.09. The zero-order valence-corrected chi connectivity index (χ0v) is 16.9. The van der Waals surface area contributed by atoms with E-state index in [4.69, 9.17) is 4.43 Å². The van der Waals surface area contributed by atoms with E-state index in [0.717, 1.165) is 0 Å². The highest BCUT2D eigenvalue weighted by atomic mass is 80.0. The molecule has 0 aromatic rings. The van der Waals surface area contributed by atoms with Crippen molar-refractivity contribution < 1.29 is 14.3 Å². The fourth-order valence-electron chi connectivity index (χ4n) is 2.44. The lowest BCUT2D eigenvalue weighted by Gasteiger charge is -2.33. The van der Waals surface area contributed by atoms with Gasteiger partial charge in [0.25, 0.3) is 0 Å². The Morgan fingerprint density at radius 3 is 2.00 bits per heavy atom. The Morgan fingerprint density at radius 1 is 1.33 bits per heavy atom. The molecule has 0 bridgehead atoms. The smallest absolute Gasteiger partial charge is 0.307 e. The predicted molar refractivity (Wildman–Crippen MR) is 86.1 cm³/mol. The summed E-state index contributed by atoms with van der Waals surface area (Å²) >= 11 is 10.5. The number of hydrogen-bond acceptors (Lipinski definition) is 2. The molecule has 1 saturated carbocycles. The fraction of sp³-hybridized carbons (Fsp3) is 0.909. The van der Waals surface area contributed by atoms with Gasteiger partial charge in [0.2, 0.25) is 0 Å². The average molecular weight is 467 g/mol. The minimum Gasteiger partial charge on any atom is -0.481 e. The van der Waals surface area contributed by atoms with Gasteiger partial charge in [-0.3, -0.25) is 4.79 Å². The maximum atomic E-state index is 11.3. The molecule has 1 rings (SSSR count). The quantitative estimate of drug-likeness (QED) is 0.493. The molecule has 0 heterocycles. The summed E-state index contributed by atoms with van der Waals surface area (Å²) in [6, 6.07) is 0. The van der Waals surface area contributed by atoms with Crippen molar-refractivity contribution in [3.63, 3.8) is 0 Å². The number of aliphatic carboxylic acids is 1.